The number of nitro groups is 2. The quantitative estimate of drug-likeness (QED) is 0.164. The Balaban J connectivity index is 1.60. The van der Waals surface area contributed by atoms with Gasteiger partial charge in [0.15, 0.2) is 0 Å². The Labute approximate surface area is 250 Å². The van der Waals surface area contributed by atoms with E-state index in [1.807, 2.05) is 19.1 Å². The lowest BCUT2D eigenvalue weighted by Gasteiger charge is -2.43. The first kappa shape index (κ1) is 28.7. The molecular weight excluding hydrogens is 583 g/mol. The van der Waals surface area contributed by atoms with E-state index in [-0.39, 0.29) is 32.5 Å². The van der Waals surface area contributed by atoms with Crippen molar-refractivity contribution in [2.75, 3.05) is 9.80 Å². The van der Waals surface area contributed by atoms with Crippen LogP contribution in [0.2, 0.25) is 10.0 Å². The maximum atomic E-state index is 14.2. The molecule has 0 aliphatic carbocycles. The van der Waals surface area contributed by atoms with Crippen molar-refractivity contribution < 1.29 is 19.4 Å². The summed E-state index contributed by atoms with van der Waals surface area (Å²) in [6.45, 7) is 1.84. The zero-order valence-corrected chi connectivity index (χ0v) is 23.5. The first-order valence-corrected chi connectivity index (χ1v) is 13.5. The third kappa shape index (κ3) is 5.29. The highest BCUT2D eigenvalue weighted by Crippen LogP contribution is 2.44. The number of fused-ring (bicyclic) bond motifs is 1. The number of nitro benzene ring substituents is 2. The van der Waals surface area contributed by atoms with Crippen LogP contribution in [0.25, 0.3) is 0 Å². The van der Waals surface area contributed by atoms with Gasteiger partial charge in [-0.25, -0.2) is 0 Å². The molecule has 0 N–H and O–H groups in total. The zero-order valence-electron chi connectivity index (χ0n) is 22.0. The van der Waals surface area contributed by atoms with Crippen molar-refractivity contribution >= 4 is 57.8 Å². The first-order chi connectivity index (χ1) is 20.1. The summed E-state index contributed by atoms with van der Waals surface area (Å²) in [4.78, 5) is 52.4. The summed E-state index contributed by atoms with van der Waals surface area (Å²) in [6, 6.07) is 22.5. The van der Waals surface area contributed by atoms with E-state index in [1.54, 1.807) is 52.3 Å². The fraction of sp³-hybridized carbons (Fsp3) is 0.133. The number of benzene rings is 4. The van der Waals surface area contributed by atoms with Gasteiger partial charge in [0.2, 0.25) is 0 Å². The van der Waals surface area contributed by atoms with E-state index < -0.39 is 33.7 Å². The second-order valence-corrected chi connectivity index (χ2v) is 10.5. The number of carbonyl (C=O) groups excluding carboxylic acids is 2. The van der Waals surface area contributed by atoms with E-state index in [0.717, 1.165) is 12.1 Å². The highest BCUT2D eigenvalue weighted by molar-refractivity contribution is 6.35. The number of carbonyl (C=O) groups is 2. The van der Waals surface area contributed by atoms with Crippen molar-refractivity contribution in [3.63, 3.8) is 0 Å². The van der Waals surface area contributed by atoms with Gasteiger partial charge in [-0.2, -0.15) is 0 Å². The van der Waals surface area contributed by atoms with Gasteiger partial charge in [-0.05, 0) is 49.2 Å². The lowest BCUT2D eigenvalue weighted by molar-refractivity contribution is -0.385. The van der Waals surface area contributed by atoms with Gasteiger partial charge in [0.1, 0.15) is 0 Å². The molecule has 1 heterocycles. The minimum absolute atomic E-state index is 0.0464. The molecule has 2 atom stereocenters. The van der Waals surface area contributed by atoms with Crippen molar-refractivity contribution in [3.05, 3.63) is 138 Å². The highest BCUT2D eigenvalue weighted by Gasteiger charge is 2.40. The average Bonchev–Trinajstić information content (AvgIpc) is 2.97. The Bertz CT molecular complexity index is 1730. The number of anilines is 2. The molecule has 4 aromatic rings. The Morgan fingerprint density at radius 1 is 0.810 bits per heavy atom. The molecule has 0 unspecified atom stereocenters. The van der Waals surface area contributed by atoms with Gasteiger partial charge < -0.3 is 9.80 Å². The Morgan fingerprint density at radius 3 is 1.93 bits per heavy atom. The van der Waals surface area contributed by atoms with Crippen molar-refractivity contribution in [1.29, 1.82) is 0 Å². The largest absolute Gasteiger partial charge is 0.305 e. The van der Waals surface area contributed by atoms with Crippen molar-refractivity contribution in [1.82, 2.24) is 0 Å². The first-order valence-electron chi connectivity index (χ1n) is 12.8. The maximum absolute atomic E-state index is 14.2. The molecule has 1 aliphatic rings. The monoisotopic (exact) mass is 604 g/mol. The minimum Gasteiger partial charge on any atom is -0.305 e. The van der Waals surface area contributed by atoms with Crippen LogP contribution < -0.4 is 9.80 Å². The van der Waals surface area contributed by atoms with Crippen LogP contribution in [0.4, 0.5) is 22.7 Å². The van der Waals surface area contributed by atoms with Gasteiger partial charge in [0.05, 0.1) is 37.1 Å². The molecule has 0 spiro atoms. The SMILES string of the molecule is C[C@H]1C[C@H](N(C(=O)c2ccc([N+](=O)[O-])cc2Cl)c2ccccc2)c2ccccc2N1C(=O)c1ccc([N+](=O)[O-])cc1Cl. The maximum Gasteiger partial charge on any atom is 0.270 e. The average molecular weight is 605 g/mol. The predicted octanol–water partition coefficient (Wildman–Crippen LogP) is 7.64. The fourth-order valence-electron chi connectivity index (χ4n) is 5.20. The lowest BCUT2D eigenvalue weighted by atomic mass is 9.89. The molecule has 0 bridgehead atoms. The smallest absolute Gasteiger partial charge is 0.270 e. The van der Waals surface area contributed by atoms with E-state index in [0.29, 0.717) is 23.4 Å². The van der Waals surface area contributed by atoms with Gasteiger partial charge in [-0.3, -0.25) is 29.8 Å². The van der Waals surface area contributed by atoms with E-state index in [1.165, 1.54) is 24.3 Å². The van der Waals surface area contributed by atoms with Gasteiger partial charge in [-0.15, -0.1) is 0 Å². The molecule has 0 fully saturated rings. The van der Waals surface area contributed by atoms with Crippen molar-refractivity contribution in [3.8, 4) is 0 Å². The fourth-order valence-corrected chi connectivity index (χ4v) is 5.72. The number of amides is 2. The third-order valence-electron chi connectivity index (χ3n) is 7.13. The third-order valence-corrected chi connectivity index (χ3v) is 7.76. The van der Waals surface area contributed by atoms with Crippen LogP contribution in [0.15, 0.2) is 91.0 Å². The minimum atomic E-state index is -0.587. The summed E-state index contributed by atoms with van der Waals surface area (Å²) in [5.41, 5.74) is 1.52. The molecule has 1 aliphatic heterocycles. The summed E-state index contributed by atoms with van der Waals surface area (Å²) in [7, 11) is 0. The molecule has 0 saturated carbocycles. The molecule has 10 nitrogen and oxygen atoms in total. The van der Waals surface area contributed by atoms with Gasteiger partial charge in [0, 0.05) is 41.7 Å². The number of rotatable bonds is 6. The lowest BCUT2D eigenvalue weighted by Crippen LogP contribution is -2.48. The van der Waals surface area contributed by atoms with Crippen LogP contribution in [-0.2, 0) is 0 Å². The summed E-state index contributed by atoms with van der Waals surface area (Å²) in [5, 5.41) is 22.3. The number of non-ortho nitro benzene ring substituents is 2. The summed E-state index contributed by atoms with van der Waals surface area (Å²) in [6.07, 6.45) is 0.318. The van der Waals surface area contributed by atoms with Crippen LogP contribution in [0.3, 0.4) is 0 Å². The number of hydrogen-bond donors (Lipinski definition) is 0. The van der Waals surface area contributed by atoms with Gasteiger partial charge in [-0.1, -0.05) is 59.6 Å². The second kappa shape index (κ2) is 11.6. The van der Waals surface area contributed by atoms with E-state index in [4.69, 9.17) is 23.2 Å². The zero-order chi connectivity index (χ0) is 30.1. The number of hydrogen-bond acceptors (Lipinski definition) is 6. The van der Waals surface area contributed by atoms with E-state index in [9.17, 15) is 29.8 Å². The van der Waals surface area contributed by atoms with Crippen LogP contribution in [0.5, 0.6) is 0 Å². The van der Waals surface area contributed by atoms with Crippen molar-refractivity contribution in [2.24, 2.45) is 0 Å². The molecule has 4 aromatic carbocycles. The van der Waals surface area contributed by atoms with E-state index >= 15 is 0 Å². The molecular formula is C30H22Cl2N4O6. The molecule has 12 heteroatoms. The molecule has 212 valence electrons. The molecule has 0 aromatic heterocycles. The summed E-state index contributed by atoms with van der Waals surface area (Å²) in [5.74, 6) is -0.907. The number of halogens is 2. The van der Waals surface area contributed by atoms with Crippen LogP contribution in [-0.4, -0.2) is 27.7 Å². The molecule has 2 amide bonds. The van der Waals surface area contributed by atoms with Crippen LogP contribution >= 0.6 is 23.2 Å². The second-order valence-electron chi connectivity index (χ2n) is 9.69. The topological polar surface area (TPSA) is 127 Å². The van der Waals surface area contributed by atoms with Crippen LogP contribution in [0.1, 0.15) is 45.7 Å². The van der Waals surface area contributed by atoms with Crippen LogP contribution in [0, 0.1) is 20.2 Å². The molecule has 0 saturated heterocycles. The van der Waals surface area contributed by atoms with Gasteiger partial charge in [0.25, 0.3) is 23.2 Å². The Kier molecular flexibility index (Phi) is 7.93. The summed E-state index contributed by atoms with van der Waals surface area (Å²) < 4.78 is 0. The van der Waals surface area contributed by atoms with E-state index in [2.05, 4.69) is 0 Å². The Hall–Kier alpha value is -4.80. The Morgan fingerprint density at radius 2 is 1.36 bits per heavy atom. The van der Waals surface area contributed by atoms with Crippen molar-refractivity contribution in [2.45, 2.75) is 25.4 Å². The van der Waals surface area contributed by atoms with Gasteiger partial charge >= 0.3 is 0 Å². The number of nitrogens with zero attached hydrogens (tertiary/aromatic N) is 4. The highest BCUT2D eigenvalue weighted by atomic mass is 35.5. The standard InChI is InChI=1S/C30H22Cl2N4O6/c1-18-15-28(34(19-7-3-2-4-8-19)30(38)23-14-12-21(36(41)42)17-26(23)32)24-9-5-6-10-27(24)33(18)29(37)22-13-11-20(35(39)40)16-25(22)31/h2-14,16-18,28H,15H2,1H3/t18-,28-/m0/s1. The molecule has 5 rings (SSSR count). The summed E-state index contributed by atoms with van der Waals surface area (Å²) >= 11 is 12.7. The molecule has 0 radical (unpaired) electrons. The normalized spacial score (nSPS) is 15.9. The molecule has 42 heavy (non-hydrogen) atoms. The number of para-hydroxylation sites is 2. The predicted molar refractivity (Wildman–Crippen MR) is 160 cm³/mol.